The summed E-state index contributed by atoms with van der Waals surface area (Å²) in [6, 6.07) is 3.12. The van der Waals surface area contributed by atoms with Crippen LogP contribution in [0.15, 0.2) is 16.9 Å². The van der Waals surface area contributed by atoms with Gasteiger partial charge in [0, 0.05) is 19.7 Å². The molecular weight excluding hydrogens is 268 g/mol. The first-order valence-electron chi connectivity index (χ1n) is 7.58. The number of aromatic nitrogens is 1. The number of hydrogen-bond acceptors (Lipinski definition) is 3. The lowest BCUT2D eigenvalue weighted by Gasteiger charge is -2.31. The minimum atomic E-state index is -0.801. The van der Waals surface area contributed by atoms with E-state index in [9.17, 15) is 14.7 Å². The van der Waals surface area contributed by atoms with Crippen molar-refractivity contribution in [2.45, 2.75) is 51.0 Å². The van der Waals surface area contributed by atoms with Crippen LogP contribution in [-0.2, 0) is 0 Å². The van der Waals surface area contributed by atoms with Gasteiger partial charge in [-0.05, 0) is 31.4 Å². The maximum absolute atomic E-state index is 12.4. The minimum Gasteiger partial charge on any atom is -0.388 e. The van der Waals surface area contributed by atoms with Crippen LogP contribution in [0.4, 0.5) is 0 Å². The van der Waals surface area contributed by atoms with Crippen molar-refractivity contribution in [3.63, 3.8) is 0 Å². The smallest absolute Gasteiger partial charge is 0.270 e. The fraction of sp³-hybridized carbons (Fsp3) is 0.625. The Kier molecular flexibility index (Phi) is 4.83. The van der Waals surface area contributed by atoms with Crippen LogP contribution in [-0.4, -0.2) is 40.1 Å². The molecule has 0 atom stereocenters. The number of amides is 1. The van der Waals surface area contributed by atoms with Crippen molar-refractivity contribution in [2.24, 2.45) is 0 Å². The van der Waals surface area contributed by atoms with Crippen LogP contribution < -0.4 is 5.56 Å². The lowest BCUT2D eigenvalue weighted by Crippen LogP contribution is -2.44. The van der Waals surface area contributed by atoms with Gasteiger partial charge in [0.2, 0.25) is 5.56 Å². The molecule has 5 heteroatoms. The van der Waals surface area contributed by atoms with E-state index >= 15 is 0 Å². The summed E-state index contributed by atoms with van der Waals surface area (Å²) < 4.78 is 0. The summed E-state index contributed by atoms with van der Waals surface area (Å²) in [7, 11) is 1.67. The fourth-order valence-electron chi connectivity index (χ4n) is 3.06. The Hall–Kier alpha value is -1.62. The van der Waals surface area contributed by atoms with Crippen LogP contribution >= 0.6 is 0 Å². The third kappa shape index (κ3) is 4.17. The first kappa shape index (κ1) is 15.8. The van der Waals surface area contributed by atoms with Crippen molar-refractivity contribution < 1.29 is 9.90 Å². The van der Waals surface area contributed by atoms with Gasteiger partial charge < -0.3 is 15.0 Å². The molecule has 1 amide bonds. The molecule has 0 saturated heterocycles. The van der Waals surface area contributed by atoms with Crippen LogP contribution in [0.25, 0.3) is 0 Å². The van der Waals surface area contributed by atoms with E-state index in [1.807, 2.05) is 0 Å². The van der Waals surface area contributed by atoms with E-state index in [2.05, 4.69) is 4.98 Å². The lowest BCUT2D eigenvalue weighted by molar-refractivity contribution is -0.00154. The average Bonchev–Trinajstić information content (AvgIpc) is 2.61. The molecule has 0 aliphatic heterocycles. The second kappa shape index (κ2) is 6.43. The summed E-state index contributed by atoms with van der Waals surface area (Å²) in [4.78, 5) is 27.9. The summed E-state index contributed by atoms with van der Waals surface area (Å²) in [6.45, 7) is 2.09. The van der Waals surface area contributed by atoms with E-state index < -0.39 is 5.60 Å². The number of aliphatic hydroxyl groups is 1. The molecular formula is C16H24N2O3. The summed E-state index contributed by atoms with van der Waals surface area (Å²) >= 11 is 0. The molecule has 1 aromatic rings. The van der Waals surface area contributed by atoms with Gasteiger partial charge in [-0.3, -0.25) is 9.59 Å². The molecule has 0 aromatic carbocycles. The topological polar surface area (TPSA) is 73.4 Å². The standard InChI is InChI=1S/C16H24N2O3/c1-12-9-13(17-14(19)10-12)15(20)18(2)11-16(21)7-5-3-4-6-8-16/h9-10,21H,3-8,11H2,1-2H3,(H,17,19). The highest BCUT2D eigenvalue weighted by molar-refractivity contribution is 5.92. The first-order valence-corrected chi connectivity index (χ1v) is 7.58. The number of rotatable bonds is 3. The van der Waals surface area contributed by atoms with E-state index in [0.717, 1.165) is 44.1 Å². The number of nitrogens with zero attached hydrogens (tertiary/aromatic N) is 1. The monoisotopic (exact) mass is 292 g/mol. The molecule has 1 aliphatic carbocycles. The third-order valence-electron chi connectivity index (χ3n) is 4.13. The zero-order valence-electron chi connectivity index (χ0n) is 12.8. The van der Waals surface area contributed by atoms with Crippen molar-refractivity contribution in [3.8, 4) is 0 Å². The van der Waals surface area contributed by atoms with Gasteiger partial charge in [0.25, 0.3) is 5.91 Å². The Morgan fingerprint density at radius 3 is 2.48 bits per heavy atom. The highest BCUT2D eigenvalue weighted by atomic mass is 16.3. The van der Waals surface area contributed by atoms with Gasteiger partial charge in [-0.25, -0.2) is 0 Å². The Morgan fingerprint density at radius 2 is 1.90 bits per heavy atom. The normalized spacial score (nSPS) is 18.0. The van der Waals surface area contributed by atoms with Crippen LogP contribution in [0, 0.1) is 6.92 Å². The van der Waals surface area contributed by atoms with E-state index in [-0.39, 0.29) is 17.2 Å². The Labute approximate surface area is 125 Å². The number of H-pyrrole nitrogens is 1. The van der Waals surface area contributed by atoms with E-state index in [1.54, 1.807) is 20.0 Å². The van der Waals surface area contributed by atoms with Crippen molar-refractivity contribution in [1.82, 2.24) is 9.88 Å². The Morgan fingerprint density at radius 1 is 1.29 bits per heavy atom. The molecule has 2 rings (SSSR count). The SMILES string of the molecule is Cc1cc(C(=O)N(C)CC2(O)CCCCCC2)[nH]c(=O)c1. The molecule has 0 radical (unpaired) electrons. The molecule has 2 N–H and O–H groups in total. The van der Waals surface area contributed by atoms with E-state index in [4.69, 9.17) is 0 Å². The second-order valence-electron chi connectivity index (χ2n) is 6.24. The van der Waals surface area contributed by atoms with Gasteiger partial charge in [-0.2, -0.15) is 0 Å². The van der Waals surface area contributed by atoms with Gasteiger partial charge in [0.15, 0.2) is 0 Å². The summed E-state index contributed by atoms with van der Waals surface area (Å²) in [5.41, 5.74) is -0.0475. The first-order chi connectivity index (χ1) is 9.89. The number of aromatic amines is 1. The minimum absolute atomic E-state index is 0.256. The molecule has 116 valence electrons. The predicted molar refractivity (Wildman–Crippen MR) is 81.4 cm³/mol. The fourth-order valence-corrected chi connectivity index (χ4v) is 3.06. The Balaban J connectivity index is 2.09. The number of nitrogens with one attached hydrogen (secondary N) is 1. The van der Waals surface area contributed by atoms with Crippen molar-refractivity contribution >= 4 is 5.91 Å². The maximum Gasteiger partial charge on any atom is 0.270 e. The number of carbonyl (C=O) groups excluding carboxylic acids is 1. The van der Waals surface area contributed by atoms with Crippen LogP contribution in [0.2, 0.25) is 0 Å². The molecule has 1 aromatic heterocycles. The number of pyridine rings is 1. The van der Waals surface area contributed by atoms with Gasteiger partial charge >= 0.3 is 0 Å². The maximum atomic E-state index is 12.4. The number of carbonyl (C=O) groups is 1. The summed E-state index contributed by atoms with van der Waals surface area (Å²) in [5, 5.41) is 10.7. The average molecular weight is 292 g/mol. The van der Waals surface area contributed by atoms with Gasteiger partial charge in [0.05, 0.1) is 5.60 Å². The molecule has 1 saturated carbocycles. The van der Waals surface area contributed by atoms with Gasteiger partial charge in [0.1, 0.15) is 5.69 Å². The second-order valence-corrected chi connectivity index (χ2v) is 6.24. The number of likely N-dealkylation sites (N-methyl/N-ethyl adjacent to an activating group) is 1. The third-order valence-corrected chi connectivity index (χ3v) is 4.13. The number of hydrogen-bond donors (Lipinski definition) is 2. The quantitative estimate of drug-likeness (QED) is 0.835. The molecule has 1 fully saturated rings. The van der Waals surface area contributed by atoms with Crippen molar-refractivity contribution in [3.05, 3.63) is 33.7 Å². The van der Waals surface area contributed by atoms with E-state index in [1.165, 1.54) is 11.0 Å². The van der Waals surface area contributed by atoms with Crippen LogP contribution in [0.1, 0.15) is 54.6 Å². The van der Waals surface area contributed by atoms with E-state index in [0.29, 0.717) is 6.54 Å². The molecule has 0 spiro atoms. The Bertz CT molecular complexity index is 557. The molecule has 1 heterocycles. The predicted octanol–water partition coefficient (Wildman–Crippen LogP) is 1.84. The van der Waals surface area contributed by atoms with Crippen molar-refractivity contribution in [1.29, 1.82) is 0 Å². The summed E-state index contributed by atoms with van der Waals surface area (Å²) in [5.74, 6) is -0.256. The molecule has 0 unspecified atom stereocenters. The van der Waals surface area contributed by atoms with Crippen molar-refractivity contribution in [2.75, 3.05) is 13.6 Å². The van der Waals surface area contributed by atoms with Gasteiger partial charge in [-0.1, -0.05) is 25.7 Å². The summed E-state index contributed by atoms with van der Waals surface area (Å²) in [6.07, 6.45) is 5.75. The lowest BCUT2D eigenvalue weighted by atomic mass is 9.94. The molecule has 21 heavy (non-hydrogen) atoms. The largest absolute Gasteiger partial charge is 0.388 e. The highest BCUT2D eigenvalue weighted by Crippen LogP contribution is 2.27. The molecule has 0 bridgehead atoms. The zero-order valence-corrected chi connectivity index (χ0v) is 12.8. The van der Waals surface area contributed by atoms with Crippen LogP contribution in [0.5, 0.6) is 0 Å². The highest BCUT2D eigenvalue weighted by Gasteiger charge is 2.31. The van der Waals surface area contributed by atoms with Crippen LogP contribution in [0.3, 0.4) is 0 Å². The molecule has 1 aliphatic rings. The number of aryl methyl sites for hydroxylation is 1. The molecule has 5 nitrogen and oxygen atoms in total. The zero-order chi connectivity index (χ0) is 15.5. The van der Waals surface area contributed by atoms with Gasteiger partial charge in [-0.15, -0.1) is 0 Å².